The Labute approximate surface area is 193 Å². The first-order valence-electron chi connectivity index (χ1n) is 9.57. The number of nitrogens with one attached hydrogen (secondary N) is 2. The first kappa shape index (κ1) is 21.5. The zero-order valence-corrected chi connectivity index (χ0v) is 18.1. The molecule has 158 valence electrons. The lowest BCUT2D eigenvalue weighted by Crippen LogP contribution is -2.28. The summed E-state index contributed by atoms with van der Waals surface area (Å²) in [5.74, 6) is -0.691. The first-order valence-corrected chi connectivity index (χ1v) is 10.3. The zero-order chi connectivity index (χ0) is 22.5. The third kappa shape index (κ3) is 4.46. The van der Waals surface area contributed by atoms with Gasteiger partial charge in [-0.15, -0.1) is 0 Å². The van der Waals surface area contributed by atoms with E-state index in [1.807, 2.05) is 60.7 Å². The van der Waals surface area contributed by atoms with Crippen molar-refractivity contribution >= 4 is 35.3 Å². The van der Waals surface area contributed by atoms with Crippen molar-refractivity contribution in [1.82, 2.24) is 15.6 Å². The molecule has 0 aliphatic carbocycles. The van der Waals surface area contributed by atoms with Crippen LogP contribution in [0.25, 0.3) is 22.4 Å². The van der Waals surface area contributed by atoms with E-state index in [0.717, 1.165) is 5.56 Å². The van der Waals surface area contributed by atoms with Gasteiger partial charge in [0.05, 0.1) is 22.0 Å². The van der Waals surface area contributed by atoms with Gasteiger partial charge in [0.2, 0.25) is 0 Å². The summed E-state index contributed by atoms with van der Waals surface area (Å²) in [6.45, 7) is 0. The first-order chi connectivity index (χ1) is 15.6. The number of hydrazone groups is 1. The SMILES string of the molecule is O=C(NN=Cc1c(Cl)cccc1Cl)c1c(-c2ccccc2)c(-c2ccccc2)n[nH]c1=O. The maximum absolute atomic E-state index is 13.1. The molecule has 6 nitrogen and oxygen atoms in total. The zero-order valence-electron chi connectivity index (χ0n) is 16.5. The third-order valence-electron chi connectivity index (χ3n) is 4.68. The Balaban J connectivity index is 1.79. The smallest absolute Gasteiger partial charge is 0.267 e. The van der Waals surface area contributed by atoms with Gasteiger partial charge in [0.15, 0.2) is 0 Å². The number of aromatic amines is 1. The Kier molecular flexibility index (Phi) is 6.44. The molecule has 2 N–H and O–H groups in total. The van der Waals surface area contributed by atoms with Gasteiger partial charge >= 0.3 is 0 Å². The summed E-state index contributed by atoms with van der Waals surface area (Å²) in [5.41, 5.74) is 4.42. The molecule has 0 atom stereocenters. The Bertz CT molecular complexity index is 1330. The average Bonchev–Trinajstić information content (AvgIpc) is 2.81. The van der Waals surface area contributed by atoms with E-state index in [1.165, 1.54) is 6.21 Å². The lowest BCUT2D eigenvalue weighted by Gasteiger charge is -2.12. The van der Waals surface area contributed by atoms with Crippen LogP contribution in [-0.2, 0) is 0 Å². The molecular weight excluding hydrogens is 447 g/mol. The summed E-state index contributed by atoms with van der Waals surface area (Å²) in [7, 11) is 0. The molecule has 4 rings (SSSR count). The second kappa shape index (κ2) is 9.60. The standard InChI is InChI=1S/C24H16Cl2N4O2/c25-18-12-7-13-19(26)17(18)14-27-29-23(31)21-20(15-8-3-1-4-9-15)22(28-30-24(21)32)16-10-5-2-6-11-16/h1-14H,(H,29,31)(H,30,32). The lowest BCUT2D eigenvalue weighted by molar-refractivity contribution is 0.0954. The van der Waals surface area contributed by atoms with Crippen LogP contribution < -0.4 is 11.0 Å². The molecule has 1 heterocycles. The molecule has 0 unspecified atom stereocenters. The van der Waals surface area contributed by atoms with E-state index in [0.29, 0.717) is 32.4 Å². The van der Waals surface area contributed by atoms with Crippen LogP contribution in [0.5, 0.6) is 0 Å². The summed E-state index contributed by atoms with van der Waals surface area (Å²) >= 11 is 12.3. The predicted octanol–water partition coefficient (Wildman–Crippen LogP) is 5.17. The summed E-state index contributed by atoms with van der Waals surface area (Å²) in [5, 5.41) is 11.4. The van der Waals surface area contributed by atoms with Crippen LogP contribution in [0.4, 0.5) is 0 Å². The number of hydrogen-bond acceptors (Lipinski definition) is 4. The number of carbonyl (C=O) groups is 1. The van der Waals surface area contributed by atoms with Crippen LogP contribution in [0.15, 0.2) is 88.8 Å². The average molecular weight is 463 g/mol. The maximum atomic E-state index is 13.1. The Morgan fingerprint density at radius 3 is 2.09 bits per heavy atom. The van der Waals surface area contributed by atoms with E-state index in [2.05, 4.69) is 20.7 Å². The van der Waals surface area contributed by atoms with Crippen molar-refractivity contribution in [3.63, 3.8) is 0 Å². The lowest BCUT2D eigenvalue weighted by atomic mass is 9.95. The van der Waals surface area contributed by atoms with E-state index in [1.54, 1.807) is 18.2 Å². The van der Waals surface area contributed by atoms with Gasteiger partial charge in [-0.3, -0.25) is 9.59 Å². The summed E-state index contributed by atoms with van der Waals surface area (Å²) in [6.07, 6.45) is 1.33. The molecule has 32 heavy (non-hydrogen) atoms. The van der Waals surface area contributed by atoms with Crippen molar-refractivity contribution < 1.29 is 4.79 Å². The second-order valence-electron chi connectivity index (χ2n) is 6.72. The molecule has 0 saturated carbocycles. The molecule has 4 aromatic rings. The Hall–Kier alpha value is -3.74. The summed E-state index contributed by atoms with van der Waals surface area (Å²) in [6, 6.07) is 23.4. The van der Waals surface area contributed by atoms with Crippen molar-refractivity contribution in [3.05, 3.63) is 110 Å². The summed E-state index contributed by atoms with van der Waals surface area (Å²) in [4.78, 5) is 25.8. The van der Waals surface area contributed by atoms with Gasteiger partial charge in [0.1, 0.15) is 5.56 Å². The number of nitrogens with zero attached hydrogens (tertiary/aromatic N) is 2. The number of benzene rings is 3. The number of aromatic nitrogens is 2. The number of H-pyrrole nitrogens is 1. The Morgan fingerprint density at radius 1 is 0.875 bits per heavy atom. The van der Waals surface area contributed by atoms with E-state index in [-0.39, 0.29) is 5.56 Å². The third-order valence-corrected chi connectivity index (χ3v) is 5.34. The van der Waals surface area contributed by atoms with E-state index in [9.17, 15) is 9.59 Å². The molecule has 8 heteroatoms. The van der Waals surface area contributed by atoms with Gasteiger partial charge in [-0.05, 0) is 17.7 Å². The highest BCUT2D eigenvalue weighted by Gasteiger charge is 2.22. The molecule has 0 bridgehead atoms. The topological polar surface area (TPSA) is 87.2 Å². The molecule has 1 amide bonds. The minimum absolute atomic E-state index is 0.104. The molecule has 0 aliphatic heterocycles. The molecule has 3 aromatic carbocycles. The van der Waals surface area contributed by atoms with Crippen molar-refractivity contribution in [3.8, 4) is 22.4 Å². The number of halogens is 2. The van der Waals surface area contributed by atoms with Crippen molar-refractivity contribution in [2.45, 2.75) is 0 Å². The highest BCUT2D eigenvalue weighted by molar-refractivity contribution is 6.38. The fourth-order valence-corrected chi connectivity index (χ4v) is 3.70. The van der Waals surface area contributed by atoms with E-state index < -0.39 is 11.5 Å². The van der Waals surface area contributed by atoms with Crippen LogP contribution in [0.2, 0.25) is 10.0 Å². The van der Waals surface area contributed by atoms with Crippen LogP contribution in [0.1, 0.15) is 15.9 Å². The van der Waals surface area contributed by atoms with Crippen LogP contribution >= 0.6 is 23.2 Å². The highest BCUT2D eigenvalue weighted by atomic mass is 35.5. The molecule has 0 aliphatic rings. The summed E-state index contributed by atoms with van der Waals surface area (Å²) < 4.78 is 0. The Morgan fingerprint density at radius 2 is 1.47 bits per heavy atom. The number of amides is 1. The van der Waals surface area contributed by atoms with Gasteiger partial charge in [-0.1, -0.05) is 89.9 Å². The van der Waals surface area contributed by atoms with Crippen molar-refractivity contribution in [1.29, 1.82) is 0 Å². The minimum atomic E-state index is -0.691. The number of hydrogen-bond donors (Lipinski definition) is 2. The van der Waals surface area contributed by atoms with Gasteiger partial charge in [-0.2, -0.15) is 10.2 Å². The fraction of sp³-hybridized carbons (Fsp3) is 0. The largest absolute Gasteiger partial charge is 0.277 e. The monoisotopic (exact) mass is 462 g/mol. The highest BCUT2D eigenvalue weighted by Crippen LogP contribution is 2.31. The number of carbonyl (C=O) groups excluding carboxylic acids is 1. The van der Waals surface area contributed by atoms with Crippen LogP contribution in [-0.4, -0.2) is 22.3 Å². The molecule has 0 fully saturated rings. The molecular formula is C24H16Cl2N4O2. The van der Waals surface area contributed by atoms with Crippen LogP contribution in [0, 0.1) is 0 Å². The quantitative estimate of drug-likeness (QED) is 0.316. The van der Waals surface area contributed by atoms with Gasteiger partial charge < -0.3 is 0 Å². The van der Waals surface area contributed by atoms with Crippen LogP contribution in [0.3, 0.4) is 0 Å². The van der Waals surface area contributed by atoms with Gasteiger partial charge in [0.25, 0.3) is 11.5 Å². The van der Waals surface area contributed by atoms with Gasteiger partial charge in [0, 0.05) is 16.7 Å². The number of rotatable bonds is 5. The van der Waals surface area contributed by atoms with Crippen molar-refractivity contribution in [2.75, 3.05) is 0 Å². The maximum Gasteiger partial charge on any atom is 0.277 e. The van der Waals surface area contributed by atoms with Crippen molar-refractivity contribution in [2.24, 2.45) is 5.10 Å². The normalized spacial score (nSPS) is 10.9. The predicted molar refractivity (Wildman–Crippen MR) is 127 cm³/mol. The van der Waals surface area contributed by atoms with E-state index >= 15 is 0 Å². The van der Waals surface area contributed by atoms with Gasteiger partial charge in [-0.25, -0.2) is 10.5 Å². The molecule has 1 aromatic heterocycles. The molecule has 0 spiro atoms. The second-order valence-corrected chi connectivity index (χ2v) is 7.53. The molecule has 0 saturated heterocycles. The fourth-order valence-electron chi connectivity index (χ4n) is 3.20. The minimum Gasteiger partial charge on any atom is -0.267 e. The molecule has 0 radical (unpaired) electrons. The van der Waals surface area contributed by atoms with E-state index in [4.69, 9.17) is 23.2 Å².